The number of allylic oxidation sites excluding steroid dienone is 2. The number of rotatable bonds is 6. The van der Waals surface area contributed by atoms with Gasteiger partial charge in [0.05, 0.1) is 0 Å². The molecule has 56 valence electrons. The maximum absolute atomic E-state index is 10.8. The maximum atomic E-state index is 10.8. The number of carbonyl (C=O) groups excluding carboxylic acids is 1. The molecule has 0 fully saturated rings. The van der Waals surface area contributed by atoms with Crippen molar-refractivity contribution in [3.63, 3.8) is 0 Å². The van der Waals surface area contributed by atoms with Crippen molar-refractivity contribution in [2.24, 2.45) is 0 Å². The third kappa shape index (κ3) is 5.29. The Morgan fingerprint density at radius 3 is 2.50 bits per heavy atom. The minimum atomic E-state index is 0.275. The standard InChI is InChI=1S/C9H14O/c1-3-5-6-8-9(10)7-4-2/h3-4H,1-2,5-8H2. The number of unbranched alkanes of at least 4 members (excludes halogenated alkanes) is 1. The molecule has 0 aromatic heterocycles. The summed E-state index contributed by atoms with van der Waals surface area (Å²) < 4.78 is 0. The van der Waals surface area contributed by atoms with Crippen molar-refractivity contribution in [1.82, 2.24) is 0 Å². The van der Waals surface area contributed by atoms with E-state index in [0.717, 1.165) is 12.8 Å². The molecule has 0 heterocycles. The van der Waals surface area contributed by atoms with Crippen LogP contribution in [-0.4, -0.2) is 5.78 Å². The van der Waals surface area contributed by atoms with Gasteiger partial charge in [0.1, 0.15) is 5.78 Å². The van der Waals surface area contributed by atoms with Crippen molar-refractivity contribution < 1.29 is 4.79 Å². The molecule has 0 N–H and O–H groups in total. The maximum Gasteiger partial charge on any atom is 0.136 e. The molecule has 0 amide bonds. The lowest BCUT2D eigenvalue weighted by molar-refractivity contribution is -0.118. The smallest absolute Gasteiger partial charge is 0.136 e. The molecule has 1 heteroatoms. The predicted molar refractivity (Wildman–Crippen MR) is 43.9 cm³/mol. The second-order valence-electron chi connectivity index (χ2n) is 2.21. The monoisotopic (exact) mass is 138 g/mol. The van der Waals surface area contributed by atoms with Crippen LogP contribution in [0.3, 0.4) is 0 Å². The van der Waals surface area contributed by atoms with Crippen LogP contribution < -0.4 is 0 Å². The summed E-state index contributed by atoms with van der Waals surface area (Å²) in [7, 11) is 0. The van der Waals surface area contributed by atoms with Crippen LogP contribution >= 0.6 is 0 Å². The second kappa shape index (κ2) is 6.27. The highest BCUT2D eigenvalue weighted by Gasteiger charge is 1.95. The summed E-state index contributed by atoms with van der Waals surface area (Å²) in [6.07, 6.45) is 6.52. The molecular weight excluding hydrogens is 124 g/mol. The summed E-state index contributed by atoms with van der Waals surface area (Å²) in [5.74, 6) is 0.275. The van der Waals surface area contributed by atoms with E-state index in [-0.39, 0.29) is 5.78 Å². The Hall–Kier alpha value is -0.850. The minimum Gasteiger partial charge on any atom is -0.299 e. The third-order valence-corrected chi connectivity index (χ3v) is 1.24. The molecule has 0 spiro atoms. The van der Waals surface area contributed by atoms with Crippen molar-refractivity contribution in [3.05, 3.63) is 25.3 Å². The number of ketones is 1. The molecule has 0 bridgehead atoms. The Morgan fingerprint density at radius 1 is 1.30 bits per heavy atom. The molecule has 0 aliphatic rings. The Balaban J connectivity index is 3.20. The van der Waals surface area contributed by atoms with Gasteiger partial charge in [0, 0.05) is 12.8 Å². The van der Waals surface area contributed by atoms with Gasteiger partial charge < -0.3 is 0 Å². The molecule has 0 rings (SSSR count). The average molecular weight is 138 g/mol. The van der Waals surface area contributed by atoms with E-state index in [4.69, 9.17) is 0 Å². The van der Waals surface area contributed by atoms with Gasteiger partial charge in [0.2, 0.25) is 0 Å². The van der Waals surface area contributed by atoms with Gasteiger partial charge in [0.25, 0.3) is 0 Å². The van der Waals surface area contributed by atoms with E-state index in [0.29, 0.717) is 12.8 Å². The Kier molecular flexibility index (Phi) is 5.74. The van der Waals surface area contributed by atoms with Gasteiger partial charge >= 0.3 is 0 Å². The normalized spacial score (nSPS) is 8.80. The van der Waals surface area contributed by atoms with Crippen LogP contribution in [0.1, 0.15) is 25.7 Å². The zero-order chi connectivity index (χ0) is 7.82. The molecule has 10 heavy (non-hydrogen) atoms. The van der Waals surface area contributed by atoms with Gasteiger partial charge in [-0.25, -0.2) is 0 Å². The molecule has 0 unspecified atom stereocenters. The van der Waals surface area contributed by atoms with Crippen LogP contribution in [0.2, 0.25) is 0 Å². The van der Waals surface area contributed by atoms with Crippen molar-refractivity contribution in [3.8, 4) is 0 Å². The number of Topliss-reactive ketones (excluding diaryl/α,β-unsaturated/α-hetero) is 1. The molecule has 0 aromatic carbocycles. The molecule has 0 aromatic rings. The second-order valence-corrected chi connectivity index (χ2v) is 2.21. The van der Waals surface area contributed by atoms with Gasteiger partial charge in [-0.15, -0.1) is 13.2 Å². The SMILES string of the molecule is C=CCCCC(=O)CC=C. The third-order valence-electron chi connectivity index (χ3n) is 1.24. The first-order valence-corrected chi connectivity index (χ1v) is 3.54. The molecule has 0 aliphatic heterocycles. The van der Waals surface area contributed by atoms with Crippen LogP contribution in [-0.2, 0) is 4.79 Å². The van der Waals surface area contributed by atoms with Crippen molar-refractivity contribution in [2.45, 2.75) is 25.7 Å². The largest absolute Gasteiger partial charge is 0.299 e. The van der Waals surface area contributed by atoms with Crippen molar-refractivity contribution in [1.29, 1.82) is 0 Å². The van der Waals surface area contributed by atoms with Gasteiger partial charge in [-0.2, -0.15) is 0 Å². The van der Waals surface area contributed by atoms with Crippen LogP contribution in [0.5, 0.6) is 0 Å². The molecule has 0 radical (unpaired) electrons. The highest BCUT2D eigenvalue weighted by atomic mass is 16.1. The van der Waals surface area contributed by atoms with E-state index in [9.17, 15) is 4.79 Å². The molecule has 1 nitrogen and oxygen atoms in total. The highest BCUT2D eigenvalue weighted by Crippen LogP contribution is 1.99. The minimum absolute atomic E-state index is 0.275. The lowest BCUT2D eigenvalue weighted by Gasteiger charge is -1.92. The highest BCUT2D eigenvalue weighted by molar-refractivity contribution is 5.79. The Labute approximate surface area is 62.4 Å². The first-order valence-electron chi connectivity index (χ1n) is 3.54. The first kappa shape index (κ1) is 9.15. The van der Waals surface area contributed by atoms with Crippen LogP contribution in [0.4, 0.5) is 0 Å². The Bertz CT molecular complexity index is 125. The summed E-state index contributed by atoms with van der Waals surface area (Å²) in [6.45, 7) is 7.06. The van der Waals surface area contributed by atoms with E-state index < -0.39 is 0 Å². The predicted octanol–water partition coefficient (Wildman–Crippen LogP) is 2.49. The van der Waals surface area contributed by atoms with Crippen LogP contribution in [0.25, 0.3) is 0 Å². The van der Waals surface area contributed by atoms with Crippen LogP contribution in [0.15, 0.2) is 25.3 Å². The lowest BCUT2D eigenvalue weighted by atomic mass is 10.1. The molecule has 0 aliphatic carbocycles. The quantitative estimate of drug-likeness (QED) is 0.407. The van der Waals surface area contributed by atoms with Gasteiger partial charge in [-0.3, -0.25) is 4.79 Å². The summed E-state index contributed by atoms with van der Waals surface area (Å²) in [6, 6.07) is 0. The fraction of sp³-hybridized carbons (Fsp3) is 0.444. The topological polar surface area (TPSA) is 17.1 Å². The number of carbonyl (C=O) groups is 1. The molecular formula is C9H14O. The number of hydrogen-bond acceptors (Lipinski definition) is 1. The fourth-order valence-corrected chi connectivity index (χ4v) is 0.707. The molecule has 0 saturated heterocycles. The van der Waals surface area contributed by atoms with E-state index in [1.807, 2.05) is 6.08 Å². The lowest BCUT2D eigenvalue weighted by Crippen LogP contribution is -1.93. The zero-order valence-corrected chi connectivity index (χ0v) is 6.31. The van der Waals surface area contributed by atoms with Crippen molar-refractivity contribution >= 4 is 5.78 Å². The summed E-state index contributed by atoms with van der Waals surface area (Å²) in [4.78, 5) is 10.8. The van der Waals surface area contributed by atoms with E-state index in [1.165, 1.54) is 0 Å². The summed E-state index contributed by atoms with van der Waals surface area (Å²) >= 11 is 0. The number of hydrogen-bond donors (Lipinski definition) is 0. The van der Waals surface area contributed by atoms with E-state index >= 15 is 0 Å². The molecule has 0 saturated carbocycles. The van der Waals surface area contributed by atoms with Crippen LogP contribution in [0, 0.1) is 0 Å². The first-order chi connectivity index (χ1) is 4.81. The van der Waals surface area contributed by atoms with Gasteiger partial charge in [-0.05, 0) is 12.8 Å². The van der Waals surface area contributed by atoms with E-state index in [1.54, 1.807) is 6.08 Å². The van der Waals surface area contributed by atoms with E-state index in [2.05, 4.69) is 13.2 Å². The Morgan fingerprint density at radius 2 is 2.00 bits per heavy atom. The fourth-order valence-electron chi connectivity index (χ4n) is 0.707. The van der Waals surface area contributed by atoms with Gasteiger partial charge in [0.15, 0.2) is 0 Å². The average Bonchev–Trinajstić information content (AvgIpc) is 1.89. The summed E-state index contributed by atoms with van der Waals surface area (Å²) in [5, 5.41) is 0. The van der Waals surface area contributed by atoms with Gasteiger partial charge in [-0.1, -0.05) is 12.2 Å². The summed E-state index contributed by atoms with van der Waals surface area (Å²) in [5.41, 5.74) is 0. The van der Waals surface area contributed by atoms with Crippen molar-refractivity contribution in [2.75, 3.05) is 0 Å². The molecule has 0 atom stereocenters. The zero-order valence-electron chi connectivity index (χ0n) is 6.31.